The molecule has 3 heterocycles. The van der Waals surface area contributed by atoms with Crippen LogP contribution >= 0.6 is 0 Å². The number of nitrogens with zero attached hydrogens (tertiary/aromatic N) is 3. The molecule has 4 rings (SSSR count). The molecule has 3 aromatic rings. The molecule has 0 saturated heterocycles. The molecule has 1 aliphatic rings. The smallest absolute Gasteiger partial charge is 0.306 e. The monoisotopic (exact) mass is 410 g/mol. The number of benzene rings is 1. The predicted molar refractivity (Wildman–Crippen MR) is 108 cm³/mol. The van der Waals surface area contributed by atoms with E-state index in [2.05, 4.69) is 15.4 Å². The fourth-order valence-corrected chi connectivity index (χ4v) is 3.42. The van der Waals surface area contributed by atoms with Crippen LogP contribution in [0.5, 0.6) is 11.5 Å². The van der Waals surface area contributed by atoms with Crippen molar-refractivity contribution < 1.29 is 23.8 Å². The Balaban J connectivity index is 1.30. The zero-order valence-corrected chi connectivity index (χ0v) is 17.0. The second-order valence-corrected chi connectivity index (χ2v) is 7.09. The second-order valence-electron chi connectivity index (χ2n) is 7.09. The number of amides is 1. The minimum Gasteiger partial charge on any atom is -0.456 e. The van der Waals surface area contributed by atoms with Gasteiger partial charge in [0.05, 0.1) is 5.69 Å². The van der Waals surface area contributed by atoms with Gasteiger partial charge in [0.2, 0.25) is 6.79 Å². The first-order valence-electron chi connectivity index (χ1n) is 9.58. The van der Waals surface area contributed by atoms with Crippen LogP contribution < -0.4 is 14.8 Å². The molecule has 1 aliphatic heterocycles. The van der Waals surface area contributed by atoms with Crippen LogP contribution in [0.1, 0.15) is 29.1 Å². The van der Waals surface area contributed by atoms with Crippen molar-refractivity contribution in [2.45, 2.75) is 33.6 Å². The quantitative estimate of drug-likeness (QED) is 0.623. The number of aromatic nitrogens is 3. The van der Waals surface area contributed by atoms with Crippen LogP contribution in [0.2, 0.25) is 0 Å². The molecular formula is C21H22N4O5. The Morgan fingerprint density at radius 1 is 1.17 bits per heavy atom. The van der Waals surface area contributed by atoms with E-state index in [0.29, 0.717) is 23.6 Å². The lowest BCUT2D eigenvalue weighted by Gasteiger charge is -2.11. The summed E-state index contributed by atoms with van der Waals surface area (Å²) in [5.74, 6) is 0.313. The minimum atomic E-state index is -0.452. The number of ether oxygens (including phenoxy) is 3. The molecule has 1 aromatic carbocycles. The van der Waals surface area contributed by atoms with E-state index >= 15 is 0 Å². The van der Waals surface area contributed by atoms with E-state index in [4.69, 9.17) is 14.2 Å². The van der Waals surface area contributed by atoms with Gasteiger partial charge in [-0.05, 0) is 44.9 Å². The van der Waals surface area contributed by atoms with E-state index in [-0.39, 0.29) is 19.8 Å². The maximum atomic E-state index is 12.1. The molecule has 0 bridgehead atoms. The van der Waals surface area contributed by atoms with Crippen molar-refractivity contribution in [2.24, 2.45) is 0 Å². The number of nitrogens with one attached hydrogen (secondary N) is 1. The lowest BCUT2D eigenvalue weighted by Crippen LogP contribution is -2.21. The SMILES string of the molecule is Cc1cc2nc(C)c(CCC(=O)OCC(=O)Nc3ccc4c(c3)OCO4)c(C)n2n1. The van der Waals surface area contributed by atoms with Gasteiger partial charge in [-0.3, -0.25) is 9.59 Å². The zero-order valence-electron chi connectivity index (χ0n) is 17.0. The molecule has 0 unspecified atom stereocenters. The Kier molecular flexibility index (Phi) is 5.26. The fourth-order valence-electron chi connectivity index (χ4n) is 3.42. The molecule has 0 spiro atoms. The Morgan fingerprint density at radius 3 is 2.80 bits per heavy atom. The summed E-state index contributed by atoms with van der Waals surface area (Å²) in [4.78, 5) is 28.7. The third kappa shape index (κ3) is 4.05. The number of esters is 1. The molecule has 0 saturated carbocycles. The Bertz CT molecular complexity index is 1140. The molecule has 1 N–H and O–H groups in total. The lowest BCUT2D eigenvalue weighted by molar-refractivity contribution is -0.147. The molecule has 1 amide bonds. The van der Waals surface area contributed by atoms with Gasteiger partial charge in [-0.25, -0.2) is 9.50 Å². The Hall–Kier alpha value is -3.62. The second kappa shape index (κ2) is 8.02. The summed E-state index contributed by atoms with van der Waals surface area (Å²) < 4.78 is 17.4. The Labute approximate surface area is 173 Å². The molecular weight excluding hydrogens is 388 g/mol. The van der Waals surface area contributed by atoms with Crippen molar-refractivity contribution in [3.05, 3.63) is 46.9 Å². The van der Waals surface area contributed by atoms with Crippen LogP contribution in [0, 0.1) is 20.8 Å². The maximum absolute atomic E-state index is 12.1. The highest BCUT2D eigenvalue weighted by Gasteiger charge is 2.16. The average molecular weight is 410 g/mol. The van der Waals surface area contributed by atoms with Gasteiger partial charge in [-0.1, -0.05) is 0 Å². The fraction of sp³-hybridized carbons (Fsp3) is 0.333. The molecule has 9 heteroatoms. The summed E-state index contributed by atoms with van der Waals surface area (Å²) in [6.07, 6.45) is 0.606. The number of aryl methyl sites for hydroxylation is 3. The number of fused-ring (bicyclic) bond motifs is 2. The topological polar surface area (TPSA) is 104 Å². The van der Waals surface area contributed by atoms with Crippen LogP contribution in [-0.2, 0) is 20.7 Å². The maximum Gasteiger partial charge on any atom is 0.306 e. The highest BCUT2D eigenvalue weighted by atomic mass is 16.7. The molecule has 156 valence electrons. The van der Waals surface area contributed by atoms with Gasteiger partial charge in [0.25, 0.3) is 5.91 Å². The normalized spacial score (nSPS) is 12.2. The van der Waals surface area contributed by atoms with E-state index in [1.165, 1.54) is 0 Å². The number of hydrogen-bond donors (Lipinski definition) is 1. The van der Waals surface area contributed by atoms with E-state index < -0.39 is 11.9 Å². The lowest BCUT2D eigenvalue weighted by atomic mass is 10.1. The standard InChI is InChI=1S/C21H22N4O5/c1-12-8-19-22-13(2)16(14(3)25(19)24-12)5-7-21(27)28-10-20(26)23-15-4-6-17-18(9-15)30-11-29-17/h4,6,8-9H,5,7,10-11H2,1-3H3,(H,23,26). The molecule has 30 heavy (non-hydrogen) atoms. The third-order valence-corrected chi connectivity index (χ3v) is 4.89. The van der Waals surface area contributed by atoms with Crippen molar-refractivity contribution in [1.82, 2.24) is 14.6 Å². The van der Waals surface area contributed by atoms with Crippen molar-refractivity contribution >= 4 is 23.2 Å². The molecule has 0 radical (unpaired) electrons. The summed E-state index contributed by atoms with van der Waals surface area (Å²) in [6.45, 7) is 5.57. The summed E-state index contributed by atoms with van der Waals surface area (Å²) in [6, 6.07) is 6.98. The first-order valence-corrected chi connectivity index (χ1v) is 9.58. The summed E-state index contributed by atoms with van der Waals surface area (Å²) >= 11 is 0. The first-order chi connectivity index (χ1) is 14.4. The van der Waals surface area contributed by atoms with E-state index in [9.17, 15) is 9.59 Å². The van der Waals surface area contributed by atoms with Gasteiger partial charge in [-0.2, -0.15) is 5.10 Å². The van der Waals surface area contributed by atoms with Crippen molar-refractivity contribution in [1.29, 1.82) is 0 Å². The van der Waals surface area contributed by atoms with E-state index in [1.807, 2.05) is 26.8 Å². The number of hydrogen-bond acceptors (Lipinski definition) is 7. The zero-order chi connectivity index (χ0) is 21.3. The molecule has 2 aromatic heterocycles. The highest BCUT2D eigenvalue weighted by molar-refractivity contribution is 5.93. The van der Waals surface area contributed by atoms with Crippen LogP contribution in [0.4, 0.5) is 5.69 Å². The van der Waals surface area contributed by atoms with Gasteiger partial charge < -0.3 is 19.5 Å². The molecule has 9 nitrogen and oxygen atoms in total. The van der Waals surface area contributed by atoms with Crippen LogP contribution in [0.15, 0.2) is 24.3 Å². The largest absolute Gasteiger partial charge is 0.456 e. The summed E-state index contributed by atoms with van der Waals surface area (Å²) in [5.41, 5.74) is 4.96. The third-order valence-electron chi connectivity index (χ3n) is 4.89. The number of carbonyl (C=O) groups is 2. The van der Waals surface area contributed by atoms with Gasteiger partial charge in [0.1, 0.15) is 0 Å². The predicted octanol–water partition coefficient (Wildman–Crippen LogP) is 2.50. The summed E-state index contributed by atoms with van der Waals surface area (Å²) in [7, 11) is 0. The van der Waals surface area contributed by atoms with Gasteiger partial charge >= 0.3 is 5.97 Å². The van der Waals surface area contributed by atoms with Gasteiger partial charge in [0.15, 0.2) is 23.8 Å². The number of anilines is 1. The van der Waals surface area contributed by atoms with Gasteiger partial charge in [-0.15, -0.1) is 0 Å². The molecule has 0 fully saturated rings. The Morgan fingerprint density at radius 2 is 1.97 bits per heavy atom. The molecule has 0 atom stereocenters. The van der Waals surface area contributed by atoms with Crippen molar-refractivity contribution in [2.75, 3.05) is 18.7 Å². The highest BCUT2D eigenvalue weighted by Crippen LogP contribution is 2.34. The van der Waals surface area contributed by atoms with Gasteiger partial charge in [0, 0.05) is 35.6 Å². The first kappa shape index (κ1) is 19.7. The summed E-state index contributed by atoms with van der Waals surface area (Å²) in [5, 5.41) is 7.10. The van der Waals surface area contributed by atoms with Crippen molar-refractivity contribution in [3.8, 4) is 11.5 Å². The van der Waals surface area contributed by atoms with Crippen LogP contribution in [0.3, 0.4) is 0 Å². The van der Waals surface area contributed by atoms with Crippen LogP contribution in [0.25, 0.3) is 5.65 Å². The number of rotatable bonds is 6. The van der Waals surface area contributed by atoms with Crippen molar-refractivity contribution in [3.63, 3.8) is 0 Å². The number of carbonyl (C=O) groups excluding carboxylic acids is 2. The average Bonchev–Trinajstić information content (AvgIpc) is 3.31. The molecule has 0 aliphatic carbocycles. The minimum absolute atomic E-state index is 0.145. The van der Waals surface area contributed by atoms with Crippen LogP contribution in [-0.4, -0.2) is 39.9 Å². The van der Waals surface area contributed by atoms with E-state index in [1.54, 1.807) is 22.7 Å². The van der Waals surface area contributed by atoms with E-state index in [0.717, 1.165) is 28.3 Å².